The molecule has 0 aromatic rings. The standard InChI is InChI=1S/C12H25NO/c1-3-11(4-2)9-14-10-12-5-7-13-8-6-12/h11-13H,3-10H2,1-2H3. The van der Waals surface area contributed by atoms with Crippen molar-refractivity contribution < 1.29 is 4.74 Å². The number of rotatable bonds is 6. The van der Waals surface area contributed by atoms with E-state index in [1.54, 1.807) is 0 Å². The summed E-state index contributed by atoms with van der Waals surface area (Å²) in [7, 11) is 0. The Morgan fingerprint density at radius 1 is 1.21 bits per heavy atom. The lowest BCUT2D eigenvalue weighted by Crippen LogP contribution is -2.30. The first-order chi connectivity index (χ1) is 6.86. The van der Waals surface area contributed by atoms with Gasteiger partial charge >= 0.3 is 0 Å². The molecule has 1 aliphatic heterocycles. The largest absolute Gasteiger partial charge is 0.381 e. The summed E-state index contributed by atoms with van der Waals surface area (Å²) < 4.78 is 5.79. The molecule has 2 heteroatoms. The number of hydrogen-bond donors (Lipinski definition) is 1. The van der Waals surface area contributed by atoms with Gasteiger partial charge in [-0.3, -0.25) is 0 Å². The molecule has 0 radical (unpaired) electrons. The Bertz CT molecular complexity index is 128. The highest BCUT2D eigenvalue weighted by Gasteiger charge is 2.13. The molecule has 0 bridgehead atoms. The second-order valence-corrected chi connectivity index (χ2v) is 4.41. The molecule has 1 rings (SSSR count). The predicted molar refractivity (Wildman–Crippen MR) is 60.5 cm³/mol. The van der Waals surface area contributed by atoms with E-state index < -0.39 is 0 Å². The van der Waals surface area contributed by atoms with Crippen molar-refractivity contribution >= 4 is 0 Å². The molecule has 1 saturated heterocycles. The lowest BCUT2D eigenvalue weighted by molar-refractivity contribution is 0.0603. The van der Waals surface area contributed by atoms with Gasteiger partial charge in [-0.25, -0.2) is 0 Å². The van der Waals surface area contributed by atoms with Crippen LogP contribution < -0.4 is 5.32 Å². The normalized spacial score (nSPS) is 19.1. The highest BCUT2D eigenvalue weighted by atomic mass is 16.5. The summed E-state index contributed by atoms with van der Waals surface area (Å²) in [6, 6.07) is 0. The van der Waals surface area contributed by atoms with Crippen molar-refractivity contribution in [2.45, 2.75) is 39.5 Å². The zero-order valence-electron chi connectivity index (χ0n) is 9.72. The van der Waals surface area contributed by atoms with Gasteiger partial charge in [0.2, 0.25) is 0 Å². The fourth-order valence-corrected chi connectivity index (χ4v) is 1.97. The summed E-state index contributed by atoms with van der Waals surface area (Å²) >= 11 is 0. The van der Waals surface area contributed by atoms with Gasteiger partial charge in [0.25, 0.3) is 0 Å². The van der Waals surface area contributed by atoms with Crippen LogP contribution in [0.5, 0.6) is 0 Å². The molecule has 1 heterocycles. The van der Waals surface area contributed by atoms with Gasteiger partial charge in [-0.2, -0.15) is 0 Å². The van der Waals surface area contributed by atoms with E-state index in [0.717, 1.165) is 25.0 Å². The second-order valence-electron chi connectivity index (χ2n) is 4.41. The average Bonchev–Trinajstić information content (AvgIpc) is 2.26. The van der Waals surface area contributed by atoms with Crippen molar-refractivity contribution in [3.63, 3.8) is 0 Å². The molecular weight excluding hydrogens is 174 g/mol. The van der Waals surface area contributed by atoms with Crippen LogP contribution in [0.3, 0.4) is 0 Å². The highest BCUT2D eigenvalue weighted by molar-refractivity contribution is 4.67. The number of hydrogen-bond acceptors (Lipinski definition) is 2. The smallest absolute Gasteiger partial charge is 0.0495 e. The van der Waals surface area contributed by atoms with E-state index in [9.17, 15) is 0 Å². The molecule has 0 saturated carbocycles. The molecule has 0 aliphatic carbocycles. The highest BCUT2D eigenvalue weighted by Crippen LogP contribution is 2.13. The molecule has 1 aliphatic rings. The van der Waals surface area contributed by atoms with Gasteiger partial charge < -0.3 is 10.1 Å². The van der Waals surface area contributed by atoms with Crippen molar-refractivity contribution in [2.24, 2.45) is 11.8 Å². The molecule has 0 spiro atoms. The Balaban J connectivity index is 2.01. The van der Waals surface area contributed by atoms with E-state index >= 15 is 0 Å². The maximum Gasteiger partial charge on any atom is 0.0495 e. The first-order valence-electron chi connectivity index (χ1n) is 6.15. The molecule has 0 amide bonds. The van der Waals surface area contributed by atoms with E-state index in [-0.39, 0.29) is 0 Å². The molecule has 1 N–H and O–H groups in total. The van der Waals surface area contributed by atoms with E-state index in [4.69, 9.17) is 4.74 Å². The quantitative estimate of drug-likeness (QED) is 0.709. The van der Waals surface area contributed by atoms with Crippen LogP contribution in [0, 0.1) is 11.8 Å². The van der Waals surface area contributed by atoms with Gasteiger partial charge in [0.1, 0.15) is 0 Å². The van der Waals surface area contributed by atoms with Crippen LogP contribution in [0.1, 0.15) is 39.5 Å². The fourth-order valence-electron chi connectivity index (χ4n) is 1.97. The van der Waals surface area contributed by atoms with E-state index in [2.05, 4.69) is 19.2 Å². The van der Waals surface area contributed by atoms with Crippen LogP contribution in [-0.2, 0) is 4.74 Å². The van der Waals surface area contributed by atoms with Crippen LogP contribution >= 0.6 is 0 Å². The number of nitrogens with one attached hydrogen (secondary N) is 1. The molecule has 2 nitrogen and oxygen atoms in total. The Morgan fingerprint density at radius 2 is 1.86 bits per heavy atom. The van der Waals surface area contributed by atoms with E-state index in [1.807, 2.05) is 0 Å². The van der Waals surface area contributed by atoms with Crippen molar-refractivity contribution in [3.8, 4) is 0 Å². The van der Waals surface area contributed by atoms with Crippen molar-refractivity contribution in [3.05, 3.63) is 0 Å². The maximum atomic E-state index is 5.79. The molecule has 0 aromatic heterocycles. The van der Waals surface area contributed by atoms with Crippen LogP contribution in [0.15, 0.2) is 0 Å². The van der Waals surface area contributed by atoms with Gasteiger partial charge in [-0.05, 0) is 37.8 Å². The van der Waals surface area contributed by atoms with E-state index in [0.29, 0.717) is 0 Å². The van der Waals surface area contributed by atoms with Crippen molar-refractivity contribution in [2.75, 3.05) is 26.3 Å². The van der Waals surface area contributed by atoms with Gasteiger partial charge in [-0.15, -0.1) is 0 Å². The predicted octanol–water partition coefficient (Wildman–Crippen LogP) is 2.44. The molecule has 0 aromatic carbocycles. The minimum absolute atomic E-state index is 0.775. The van der Waals surface area contributed by atoms with Crippen molar-refractivity contribution in [1.29, 1.82) is 0 Å². The molecule has 1 fully saturated rings. The SMILES string of the molecule is CCC(CC)COCC1CCNCC1. The Hall–Kier alpha value is -0.0800. The van der Waals surface area contributed by atoms with Gasteiger partial charge in [0.15, 0.2) is 0 Å². The van der Waals surface area contributed by atoms with Crippen LogP contribution in [0.2, 0.25) is 0 Å². The number of piperidine rings is 1. The van der Waals surface area contributed by atoms with Crippen LogP contribution in [-0.4, -0.2) is 26.3 Å². The lowest BCUT2D eigenvalue weighted by Gasteiger charge is -2.23. The molecule has 0 unspecified atom stereocenters. The first kappa shape index (κ1) is 12.0. The van der Waals surface area contributed by atoms with Crippen LogP contribution in [0.4, 0.5) is 0 Å². The number of ether oxygens (including phenoxy) is 1. The Labute approximate surface area is 88.4 Å². The third-order valence-corrected chi connectivity index (χ3v) is 3.32. The average molecular weight is 199 g/mol. The van der Waals surface area contributed by atoms with Gasteiger partial charge in [0.05, 0.1) is 0 Å². The summed E-state index contributed by atoms with van der Waals surface area (Å²) in [5.74, 6) is 1.59. The Morgan fingerprint density at radius 3 is 2.43 bits per heavy atom. The minimum Gasteiger partial charge on any atom is -0.381 e. The first-order valence-corrected chi connectivity index (χ1v) is 6.15. The fraction of sp³-hybridized carbons (Fsp3) is 1.00. The zero-order chi connectivity index (χ0) is 10.2. The summed E-state index contributed by atoms with van der Waals surface area (Å²) in [5.41, 5.74) is 0. The van der Waals surface area contributed by atoms with E-state index in [1.165, 1.54) is 38.8 Å². The summed E-state index contributed by atoms with van der Waals surface area (Å²) in [6.45, 7) is 8.82. The lowest BCUT2D eigenvalue weighted by atomic mass is 9.99. The Kier molecular flexibility index (Phi) is 6.20. The molecular formula is C12H25NO. The summed E-state index contributed by atoms with van der Waals surface area (Å²) in [4.78, 5) is 0. The van der Waals surface area contributed by atoms with Gasteiger partial charge in [0, 0.05) is 13.2 Å². The third kappa shape index (κ3) is 4.43. The minimum atomic E-state index is 0.775. The van der Waals surface area contributed by atoms with Crippen LogP contribution in [0.25, 0.3) is 0 Å². The molecule has 84 valence electrons. The maximum absolute atomic E-state index is 5.79. The monoisotopic (exact) mass is 199 g/mol. The molecule has 14 heavy (non-hydrogen) atoms. The summed E-state index contributed by atoms with van der Waals surface area (Å²) in [6.07, 6.45) is 5.09. The zero-order valence-corrected chi connectivity index (χ0v) is 9.72. The molecule has 0 atom stereocenters. The third-order valence-electron chi connectivity index (χ3n) is 3.32. The van der Waals surface area contributed by atoms with Gasteiger partial charge in [-0.1, -0.05) is 26.7 Å². The second kappa shape index (κ2) is 7.24. The van der Waals surface area contributed by atoms with Crippen molar-refractivity contribution in [1.82, 2.24) is 5.32 Å². The topological polar surface area (TPSA) is 21.3 Å². The summed E-state index contributed by atoms with van der Waals surface area (Å²) in [5, 5.41) is 3.38.